The van der Waals surface area contributed by atoms with Gasteiger partial charge in [-0.05, 0) is 37.7 Å². The van der Waals surface area contributed by atoms with Crippen LogP contribution in [0, 0.1) is 5.82 Å². The monoisotopic (exact) mass is 512 g/mol. The quantitative estimate of drug-likeness (QED) is 0.354. The number of guanidine groups is 1. The van der Waals surface area contributed by atoms with Crippen molar-refractivity contribution in [2.24, 2.45) is 4.99 Å². The van der Waals surface area contributed by atoms with Crippen molar-refractivity contribution in [3.8, 4) is 0 Å². The Labute approximate surface area is 189 Å². The van der Waals surface area contributed by atoms with Gasteiger partial charge in [0.15, 0.2) is 5.96 Å². The Hall–Kier alpha value is -1.94. The number of aliphatic imine (C=N–C) groups is 1. The molecule has 1 fully saturated rings. The first-order chi connectivity index (χ1) is 13.7. The molecule has 6 nitrogen and oxygen atoms in total. The number of likely N-dealkylation sites (N-methyl/N-ethyl adjacent to an activating group) is 1. The summed E-state index contributed by atoms with van der Waals surface area (Å²) in [4.78, 5) is 13.8. The Morgan fingerprint density at radius 1 is 1.14 bits per heavy atom. The van der Waals surface area contributed by atoms with Crippen LogP contribution in [0.25, 0.3) is 0 Å². The zero-order valence-corrected chi connectivity index (χ0v) is 19.4. The van der Waals surface area contributed by atoms with Crippen molar-refractivity contribution in [3.63, 3.8) is 0 Å². The number of benzene rings is 1. The van der Waals surface area contributed by atoms with E-state index in [1.54, 1.807) is 12.1 Å². The van der Waals surface area contributed by atoms with Crippen LogP contribution in [0.5, 0.6) is 0 Å². The van der Waals surface area contributed by atoms with Crippen molar-refractivity contribution >= 4 is 35.8 Å². The second-order valence-electron chi connectivity index (χ2n) is 6.95. The van der Waals surface area contributed by atoms with Crippen LogP contribution in [0.3, 0.4) is 0 Å². The second-order valence-corrected chi connectivity index (χ2v) is 6.95. The summed E-state index contributed by atoms with van der Waals surface area (Å²) in [6.07, 6.45) is 1.85. The number of piperazine rings is 1. The van der Waals surface area contributed by atoms with Crippen LogP contribution < -0.4 is 15.5 Å². The van der Waals surface area contributed by atoms with Gasteiger partial charge >= 0.3 is 0 Å². The summed E-state index contributed by atoms with van der Waals surface area (Å²) >= 11 is 0. The standard InChI is InChI=1S/C21H29FN6.HI/c1-3-23-21(26-16-18-6-4-5-7-19(18)22)25-15-17-8-9-24-20(14-17)28-12-10-27(2)11-13-28;/h4-9,14H,3,10-13,15-16H2,1-2H3,(H2,23,25,26);1H. The van der Waals surface area contributed by atoms with E-state index in [0.29, 0.717) is 24.6 Å². The normalized spacial score (nSPS) is 15.0. The molecule has 8 heteroatoms. The molecule has 0 aliphatic carbocycles. The van der Waals surface area contributed by atoms with Gasteiger partial charge in [-0.15, -0.1) is 24.0 Å². The van der Waals surface area contributed by atoms with Gasteiger partial charge in [-0.1, -0.05) is 18.2 Å². The predicted molar refractivity (Wildman–Crippen MR) is 127 cm³/mol. The highest BCUT2D eigenvalue weighted by Gasteiger charge is 2.15. The highest BCUT2D eigenvalue weighted by Crippen LogP contribution is 2.15. The lowest BCUT2D eigenvalue weighted by Crippen LogP contribution is -2.44. The minimum atomic E-state index is -0.211. The number of aromatic nitrogens is 1. The number of pyridine rings is 1. The van der Waals surface area contributed by atoms with Crippen molar-refractivity contribution < 1.29 is 4.39 Å². The molecule has 1 aromatic heterocycles. The van der Waals surface area contributed by atoms with E-state index in [1.807, 2.05) is 25.3 Å². The summed E-state index contributed by atoms with van der Waals surface area (Å²) < 4.78 is 13.8. The van der Waals surface area contributed by atoms with Crippen LogP contribution >= 0.6 is 24.0 Å². The average molecular weight is 512 g/mol. The number of halogens is 2. The number of rotatable bonds is 6. The fraction of sp³-hybridized carbons (Fsp3) is 0.429. The molecule has 0 radical (unpaired) electrons. The van der Waals surface area contributed by atoms with Crippen LogP contribution in [0.15, 0.2) is 47.6 Å². The van der Waals surface area contributed by atoms with Crippen molar-refractivity contribution in [3.05, 3.63) is 59.5 Å². The number of hydrogen-bond donors (Lipinski definition) is 2. The molecule has 0 amide bonds. The number of nitrogens with one attached hydrogen (secondary N) is 2. The molecule has 1 aromatic carbocycles. The van der Waals surface area contributed by atoms with Crippen molar-refractivity contribution in [2.45, 2.75) is 20.0 Å². The molecule has 1 saturated heterocycles. The van der Waals surface area contributed by atoms with Gasteiger partial charge in [0, 0.05) is 51.0 Å². The molecule has 2 N–H and O–H groups in total. The molecule has 1 aliphatic rings. The summed E-state index contributed by atoms with van der Waals surface area (Å²) in [7, 11) is 2.15. The largest absolute Gasteiger partial charge is 0.357 e. The second kappa shape index (κ2) is 11.9. The minimum Gasteiger partial charge on any atom is -0.357 e. The van der Waals surface area contributed by atoms with Crippen LogP contribution in [-0.4, -0.2) is 55.6 Å². The number of anilines is 1. The Bertz CT molecular complexity index is 792. The summed E-state index contributed by atoms with van der Waals surface area (Å²) in [6.45, 7) is 7.76. The molecule has 158 valence electrons. The Kier molecular flexibility index (Phi) is 9.59. The Morgan fingerprint density at radius 2 is 1.90 bits per heavy atom. The maximum atomic E-state index is 13.8. The van der Waals surface area contributed by atoms with E-state index in [2.05, 4.69) is 43.5 Å². The smallest absolute Gasteiger partial charge is 0.191 e. The average Bonchev–Trinajstić information content (AvgIpc) is 2.72. The third-order valence-corrected chi connectivity index (χ3v) is 4.81. The van der Waals surface area contributed by atoms with E-state index in [9.17, 15) is 4.39 Å². The highest BCUT2D eigenvalue weighted by atomic mass is 127. The van der Waals surface area contributed by atoms with Gasteiger partial charge in [0.05, 0.1) is 6.54 Å². The van der Waals surface area contributed by atoms with Crippen molar-refractivity contribution in [1.82, 2.24) is 20.5 Å². The van der Waals surface area contributed by atoms with Gasteiger partial charge in [-0.25, -0.2) is 14.4 Å². The molecule has 2 heterocycles. The minimum absolute atomic E-state index is 0. The lowest BCUT2D eigenvalue weighted by atomic mass is 10.2. The fourth-order valence-corrected chi connectivity index (χ4v) is 3.10. The summed E-state index contributed by atoms with van der Waals surface area (Å²) in [5.74, 6) is 1.46. The number of nitrogens with zero attached hydrogens (tertiary/aromatic N) is 4. The fourth-order valence-electron chi connectivity index (χ4n) is 3.10. The summed E-state index contributed by atoms with van der Waals surface area (Å²) in [6, 6.07) is 10.9. The van der Waals surface area contributed by atoms with Crippen molar-refractivity contribution in [2.75, 3.05) is 44.7 Å². The molecular formula is C21H30FIN6. The van der Waals surface area contributed by atoms with E-state index in [1.165, 1.54) is 6.07 Å². The molecule has 0 saturated carbocycles. The van der Waals surface area contributed by atoms with Gasteiger partial charge in [0.25, 0.3) is 0 Å². The SMILES string of the molecule is CCNC(=NCc1ccnc(N2CCN(C)CC2)c1)NCc1ccccc1F.I. The molecular weight excluding hydrogens is 482 g/mol. The van der Waals surface area contributed by atoms with Crippen LogP contribution in [0.2, 0.25) is 0 Å². The van der Waals surface area contributed by atoms with E-state index >= 15 is 0 Å². The lowest BCUT2D eigenvalue weighted by Gasteiger charge is -2.33. The highest BCUT2D eigenvalue weighted by molar-refractivity contribution is 14.0. The summed E-state index contributed by atoms with van der Waals surface area (Å²) in [5, 5.41) is 6.41. The third-order valence-electron chi connectivity index (χ3n) is 4.81. The maximum absolute atomic E-state index is 13.8. The molecule has 0 atom stereocenters. The van der Waals surface area contributed by atoms with Gasteiger partial charge in [0.2, 0.25) is 0 Å². The molecule has 0 spiro atoms. The van der Waals surface area contributed by atoms with Gasteiger partial charge in [-0.3, -0.25) is 0 Å². The van der Waals surface area contributed by atoms with E-state index in [-0.39, 0.29) is 29.8 Å². The third kappa shape index (κ3) is 7.11. The summed E-state index contributed by atoms with van der Waals surface area (Å²) in [5.41, 5.74) is 1.72. The Morgan fingerprint density at radius 3 is 2.62 bits per heavy atom. The van der Waals surface area contributed by atoms with Gasteiger partial charge in [0.1, 0.15) is 11.6 Å². The topological polar surface area (TPSA) is 55.8 Å². The zero-order valence-electron chi connectivity index (χ0n) is 17.1. The molecule has 3 rings (SSSR count). The first kappa shape index (κ1) is 23.3. The molecule has 1 aliphatic heterocycles. The van der Waals surface area contributed by atoms with Crippen molar-refractivity contribution in [1.29, 1.82) is 0 Å². The van der Waals surface area contributed by atoms with Crippen LogP contribution in [-0.2, 0) is 13.1 Å². The number of hydrogen-bond acceptors (Lipinski definition) is 4. The molecule has 0 bridgehead atoms. The van der Waals surface area contributed by atoms with Crippen LogP contribution in [0.4, 0.5) is 10.2 Å². The molecule has 2 aromatic rings. The first-order valence-corrected chi connectivity index (χ1v) is 9.79. The van der Waals surface area contributed by atoms with Crippen LogP contribution in [0.1, 0.15) is 18.1 Å². The van der Waals surface area contributed by atoms with Gasteiger partial charge in [-0.2, -0.15) is 0 Å². The lowest BCUT2D eigenvalue weighted by molar-refractivity contribution is 0.312. The molecule has 0 unspecified atom stereocenters. The van der Waals surface area contributed by atoms with E-state index in [4.69, 9.17) is 0 Å². The molecule has 29 heavy (non-hydrogen) atoms. The Balaban J connectivity index is 0.00000300. The maximum Gasteiger partial charge on any atom is 0.191 e. The first-order valence-electron chi connectivity index (χ1n) is 9.79. The van der Waals surface area contributed by atoms with Gasteiger partial charge < -0.3 is 20.4 Å². The zero-order chi connectivity index (χ0) is 19.8. The van der Waals surface area contributed by atoms with E-state index < -0.39 is 0 Å². The predicted octanol–water partition coefficient (Wildman–Crippen LogP) is 2.85. The van der Waals surface area contributed by atoms with E-state index in [0.717, 1.165) is 44.1 Å².